The zero-order valence-corrected chi connectivity index (χ0v) is 14.2. The maximum Gasteiger partial charge on any atom is 0.227 e. The summed E-state index contributed by atoms with van der Waals surface area (Å²) in [5, 5.41) is 12.4. The van der Waals surface area contributed by atoms with Gasteiger partial charge in [-0.1, -0.05) is 48.6 Å². The van der Waals surface area contributed by atoms with E-state index in [1.807, 2.05) is 13.0 Å². The quantitative estimate of drug-likeness (QED) is 0.883. The lowest BCUT2D eigenvalue weighted by atomic mass is 10.0. The third-order valence-corrected chi connectivity index (χ3v) is 5.17. The van der Waals surface area contributed by atoms with Crippen LogP contribution in [0.4, 0.5) is 5.13 Å². The second-order valence-electron chi connectivity index (χ2n) is 5.76. The molecule has 5 nitrogen and oxygen atoms in total. The highest BCUT2D eigenvalue weighted by molar-refractivity contribution is 7.15. The molecular weight excluding hydrogens is 308 g/mol. The van der Waals surface area contributed by atoms with Gasteiger partial charge in [-0.2, -0.15) is 0 Å². The maximum absolute atomic E-state index is 12.1. The summed E-state index contributed by atoms with van der Waals surface area (Å²) >= 11 is 1.45. The molecular formula is C17H22N4OS. The molecule has 2 aromatic rings. The number of hydrogen-bond acceptors (Lipinski definition) is 5. The van der Waals surface area contributed by atoms with Gasteiger partial charge in [0, 0.05) is 19.0 Å². The lowest BCUT2D eigenvalue weighted by Gasteiger charge is -2.24. The fourth-order valence-electron chi connectivity index (χ4n) is 3.02. The molecule has 2 heterocycles. The number of carbonyl (C=O) groups excluding carboxylic acids is 1. The first-order chi connectivity index (χ1) is 11.3. The Bertz CT molecular complexity index is 643. The van der Waals surface area contributed by atoms with Crippen molar-refractivity contribution in [2.75, 3.05) is 18.4 Å². The molecule has 0 aliphatic carbocycles. The average Bonchev–Trinajstić information content (AvgIpc) is 3.22. The molecule has 1 fully saturated rings. The minimum absolute atomic E-state index is 0.0162. The van der Waals surface area contributed by atoms with Gasteiger partial charge in [-0.05, 0) is 31.4 Å². The number of anilines is 1. The van der Waals surface area contributed by atoms with Gasteiger partial charge >= 0.3 is 0 Å². The molecule has 6 heteroatoms. The molecule has 0 bridgehead atoms. The summed E-state index contributed by atoms with van der Waals surface area (Å²) in [6, 6.07) is 11.0. The van der Waals surface area contributed by atoms with E-state index >= 15 is 0 Å². The molecule has 0 saturated carbocycles. The Balaban J connectivity index is 1.52. The first-order valence-corrected chi connectivity index (χ1v) is 8.99. The van der Waals surface area contributed by atoms with Crippen LogP contribution < -0.4 is 5.32 Å². The van der Waals surface area contributed by atoms with Gasteiger partial charge in [0.15, 0.2) is 0 Å². The zero-order valence-electron chi connectivity index (χ0n) is 13.4. The largest absolute Gasteiger partial charge is 0.300 e. The third-order valence-electron chi connectivity index (χ3n) is 4.19. The molecule has 23 heavy (non-hydrogen) atoms. The van der Waals surface area contributed by atoms with Crippen molar-refractivity contribution in [3.8, 4) is 0 Å². The van der Waals surface area contributed by atoms with Crippen LogP contribution in [0.3, 0.4) is 0 Å². The number of carbonyl (C=O) groups is 1. The van der Waals surface area contributed by atoms with Crippen molar-refractivity contribution in [1.29, 1.82) is 0 Å². The van der Waals surface area contributed by atoms with Gasteiger partial charge in [0.1, 0.15) is 5.01 Å². The van der Waals surface area contributed by atoms with Gasteiger partial charge in [0.05, 0.1) is 0 Å². The molecule has 122 valence electrons. The maximum atomic E-state index is 12.1. The minimum atomic E-state index is 0.0162. The van der Waals surface area contributed by atoms with E-state index < -0.39 is 0 Å². The van der Waals surface area contributed by atoms with Gasteiger partial charge in [0.25, 0.3) is 0 Å². The number of aryl methyl sites for hydroxylation is 1. The third kappa shape index (κ3) is 4.14. The topological polar surface area (TPSA) is 58.1 Å². The molecule has 0 spiro atoms. The monoisotopic (exact) mass is 330 g/mol. The van der Waals surface area contributed by atoms with Crippen LogP contribution >= 0.6 is 11.3 Å². The van der Waals surface area contributed by atoms with Crippen LogP contribution in [-0.2, 0) is 11.2 Å². The summed E-state index contributed by atoms with van der Waals surface area (Å²) < 4.78 is 0. The molecule has 0 radical (unpaired) electrons. The van der Waals surface area contributed by atoms with E-state index in [0.29, 0.717) is 17.6 Å². The van der Waals surface area contributed by atoms with Gasteiger partial charge in [0.2, 0.25) is 11.0 Å². The number of hydrogen-bond donors (Lipinski definition) is 1. The van der Waals surface area contributed by atoms with E-state index in [-0.39, 0.29) is 5.91 Å². The van der Waals surface area contributed by atoms with E-state index in [1.54, 1.807) is 0 Å². The number of nitrogens with one attached hydrogen (secondary N) is 1. The number of aromatic nitrogens is 2. The van der Waals surface area contributed by atoms with Gasteiger partial charge in [-0.3, -0.25) is 9.69 Å². The summed E-state index contributed by atoms with van der Waals surface area (Å²) in [6.45, 7) is 3.87. The van der Waals surface area contributed by atoms with Crippen LogP contribution in [0, 0.1) is 0 Å². The van der Waals surface area contributed by atoms with E-state index in [0.717, 1.165) is 24.5 Å². The molecule has 1 aromatic heterocycles. The molecule has 1 aromatic carbocycles. The highest BCUT2D eigenvalue weighted by Crippen LogP contribution is 2.31. The SMILES string of the molecule is CCc1nnc(NC(=O)CCN2CCC[C@@H]2c2ccccc2)s1. The lowest BCUT2D eigenvalue weighted by molar-refractivity contribution is -0.116. The summed E-state index contributed by atoms with van der Waals surface area (Å²) in [4.78, 5) is 14.5. The van der Waals surface area contributed by atoms with Crippen LogP contribution in [0.5, 0.6) is 0 Å². The number of amides is 1. The fraction of sp³-hybridized carbons (Fsp3) is 0.471. The Hall–Kier alpha value is -1.79. The number of rotatable bonds is 6. The molecule has 3 rings (SSSR count). The highest BCUT2D eigenvalue weighted by atomic mass is 32.1. The lowest BCUT2D eigenvalue weighted by Crippen LogP contribution is -2.27. The van der Waals surface area contributed by atoms with Gasteiger partial charge < -0.3 is 5.32 Å². The Morgan fingerprint density at radius 3 is 2.91 bits per heavy atom. The van der Waals surface area contributed by atoms with E-state index in [2.05, 4.69) is 44.7 Å². The van der Waals surface area contributed by atoms with E-state index in [9.17, 15) is 4.79 Å². The van der Waals surface area contributed by atoms with Crippen molar-refractivity contribution in [1.82, 2.24) is 15.1 Å². The van der Waals surface area contributed by atoms with Crippen LogP contribution in [0.15, 0.2) is 30.3 Å². The Morgan fingerprint density at radius 1 is 1.35 bits per heavy atom. The van der Waals surface area contributed by atoms with Gasteiger partial charge in [-0.15, -0.1) is 10.2 Å². The van der Waals surface area contributed by atoms with Crippen molar-refractivity contribution in [2.45, 2.75) is 38.6 Å². The first kappa shape index (κ1) is 16.1. The second kappa shape index (κ2) is 7.66. The Morgan fingerprint density at radius 2 is 2.17 bits per heavy atom. The van der Waals surface area contributed by atoms with Crippen LogP contribution in [-0.4, -0.2) is 34.1 Å². The van der Waals surface area contributed by atoms with Crippen molar-refractivity contribution in [3.63, 3.8) is 0 Å². The summed E-state index contributed by atoms with van der Waals surface area (Å²) in [6.07, 6.45) is 3.70. The normalized spacial score (nSPS) is 18.2. The van der Waals surface area contributed by atoms with Crippen LogP contribution in [0.2, 0.25) is 0 Å². The smallest absolute Gasteiger partial charge is 0.227 e. The highest BCUT2D eigenvalue weighted by Gasteiger charge is 2.25. The van der Waals surface area contributed by atoms with E-state index in [1.165, 1.54) is 29.7 Å². The fourth-order valence-corrected chi connectivity index (χ4v) is 3.72. The molecule has 1 aliphatic rings. The Labute approximate surface area is 140 Å². The van der Waals surface area contributed by atoms with E-state index in [4.69, 9.17) is 0 Å². The Kier molecular flexibility index (Phi) is 5.35. The molecule has 1 saturated heterocycles. The minimum Gasteiger partial charge on any atom is -0.300 e. The van der Waals surface area contributed by atoms with Crippen LogP contribution in [0.1, 0.15) is 42.8 Å². The molecule has 1 amide bonds. The van der Waals surface area contributed by atoms with Crippen molar-refractivity contribution in [2.24, 2.45) is 0 Å². The standard InChI is InChI=1S/C17H22N4OS/c1-2-16-19-20-17(23-16)18-15(22)10-12-21-11-6-9-14(21)13-7-4-3-5-8-13/h3-5,7-8,14H,2,6,9-12H2,1H3,(H,18,20,22)/t14-/m1/s1. The number of benzene rings is 1. The number of nitrogens with zero attached hydrogens (tertiary/aromatic N) is 3. The first-order valence-electron chi connectivity index (χ1n) is 8.17. The van der Waals surface area contributed by atoms with Crippen molar-refractivity contribution >= 4 is 22.4 Å². The average molecular weight is 330 g/mol. The summed E-state index contributed by atoms with van der Waals surface area (Å²) in [5.41, 5.74) is 1.35. The summed E-state index contributed by atoms with van der Waals surface area (Å²) in [5.74, 6) is 0.0162. The molecule has 0 unspecified atom stereocenters. The molecule has 1 atom stereocenters. The molecule has 1 N–H and O–H groups in total. The van der Waals surface area contributed by atoms with Crippen molar-refractivity contribution in [3.05, 3.63) is 40.9 Å². The zero-order chi connectivity index (χ0) is 16.1. The predicted octanol–water partition coefficient (Wildman–Crippen LogP) is 3.27. The van der Waals surface area contributed by atoms with Crippen molar-refractivity contribution < 1.29 is 4.79 Å². The predicted molar refractivity (Wildman–Crippen MR) is 92.5 cm³/mol. The second-order valence-corrected chi connectivity index (χ2v) is 6.82. The summed E-state index contributed by atoms with van der Waals surface area (Å²) in [7, 11) is 0. The van der Waals surface area contributed by atoms with Crippen LogP contribution in [0.25, 0.3) is 0 Å². The molecule has 1 aliphatic heterocycles. The number of likely N-dealkylation sites (tertiary alicyclic amines) is 1. The van der Waals surface area contributed by atoms with Gasteiger partial charge in [-0.25, -0.2) is 0 Å².